The summed E-state index contributed by atoms with van der Waals surface area (Å²) in [5.74, 6) is -0.177. The summed E-state index contributed by atoms with van der Waals surface area (Å²) in [6.45, 7) is 3.96. The number of fused-ring (bicyclic) bond motifs is 1. The van der Waals surface area contributed by atoms with Crippen molar-refractivity contribution in [2.75, 3.05) is 19.6 Å². The molecule has 0 bridgehead atoms. The molecule has 5 nitrogen and oxygen atoms in total. The first-order chi connectivity index (χ1) is 14.0. The van der Waals surface area contributed by atoms with Crippen LogP contribution in [-0.4, -0.2) is 62.1 Å². The fourth-order valence-electron chi connectivity index (χ4n) is 3.96. The maximum atomic E-state index is 13.0. The summed E-state index contributed by atoms with van der Waals surface area (Å²) in [7, 11) is 0. The second-order valence-electron chi connectivity index (χ2n) is 7.70. The van der Waals surface area contributed by atoms with E-state index in [0.717, 1.165) is 19.4 Å². The Balaban J connectivity index is 1.27. The van der Waals surface area contributed by atoms with Crippen LogP contribution in [0.15, 0.2) is 54.6 Å². The molecule has 0 aliphatic carbocycles. The van der Waals surface area contributed by atoms with Crippen LogP contribution < -0.4 is 4.46 Å². The van der Waals surface area contributed by atoms with Crippen LogP contribution in [0.2, 0.25) is 4.31 Å². The van der Waals surface area contributed by atoms with Gasteiger partial charge in [-0.25, -0.2) is 0 Å². The molecule has 1 atom stereocenters. The van der Waals surface area contributed by atoms with Gasteiger partial charge in [0, 0.05) is 0 Å². The van der Waals surface area contributed by atoms with Gasteiger partial charge in [0.25, 0.3) is 0 Å². The third-order valence-electron chi connectivity index (χ3n) is 5.62. The normalized spacial score (nSPS) is 21.2. The van der Waals surface area contributed by atoms with E-state index in [1.54, 1.807) is 24.3 Å². The summed E-state index contributed by atoms with van der Waals surface area (Å²) in [5.41, 5.74) is 0.984. The van der Waals surface area contributed by atoms with Crippen molar-refractivity contribution in [2.45, 2.75) is 30.5 Å². The fourth-order valence-corrected chi connectivity index (χ4v) is 6.53. The number of nitrogens with zero attached hydrogens (tertiary/aromatic N) is 2. The predicted octanol–water partition coefficient (Wildman–Crippen LogP) is 2.50. The number of imide groups is 1. The van der Waals surface area contributed by atoms with Gasteiger partial charge >= 0.3 is 177 Å². The van der Waals surface area contributed by atoms with E-state index in [1.165, 1.54) is 9.36 Å². The van der Waals surface area contributed by atoms with Crippen LogP contribution in [0.1, 0.15) is 46.9 Å². The molecule has 3 amide bonds. The monoisotopic (exact) mass is 456 g/mol. The summed E-state index contributed by atoms with van der Waals surface area (Å²) in [6.07, 6.45) is 2.38. The number of hydrogen-bond acceptors (Lipinski definition) is 3. The molecule has 0 radical (unpaired) electrons. The maximum absolute atomic E-state index is 13.0. The van der Waals surface area contributed by atoms with E-state index in [-0.39, 0.29) is 37.0 Å². The average molecular weight is 455 g/mol. The van der Waals surface area contributed by atoms with Gasteiger partial charge < -0.3 is 0 Å². The average Bonchev–Trinajstić information content (AvgIpc) is 3.14. The van der Waals surface area contributed by atoms with Crippen LogP contribution in [0.4, 0.5) is 0 Å². The van der Waals surface area contributed by atoms with Crippen LogP contribution in [0.3, 0.4) is 0 Å². The molecule has 1 unspecified atom stereocenters. The van der Waals surface area contributed by atoms with Crippen molar-refractivity contribution in [3.8, 4) is 0 Å². The second kappa shape index (κ2) is 8.13. The molecule has 2 aromatic rings. The van der Waals surface area contributed by atoms with Gasteiger partial charge in [0.15, 0.2) is 0 Å². The molecule has 1 fully saturated rings. The van der Waals surface area contributed by atoms with Crippen LogP contribution >= 0.6 is 0 Å². The van der Waals surface area contributed by atoms with Gasteiger partial charge in [0.2, 0.25) is 0 Å². The van der Waals surface area contributed by atoms with Gasteiger partial charge in [0.05, 0.1) is 0 Å². The molecule has 2 aliphatic heterocycles. The molecule has 29 heavy (non-hydrogen) atoms. The number of carbonyl (C=O) groups is 3. The van der Waals surface area contributed by atoms with Crippen molar-refractivity contribution in [3.05, 3.63) is 65.7 Å². The standard InChI is InChI=1S/C23H24N2O3Se/c1-23(29-17-9-3-2-4-10-17)13-16-24(22(23)28)14-7-8-15-25-20(26)18-11-5-6-12-19(18)21(25)27/h2-6,9-12H,7-8,13-16H2,1H3. The molecule has 6 heteroatoms. The number of carbonyl (C=O) groups excluding carboxylic acids is 3. The van der Waals surface area contributed by atoms with Gasteiger partial charge in [-0.1, -0.05) is 0 Å². The van der Waals surface area contributed by atoms with E-state index in [2.05, 4.69) is 19.1 Å². The number of rotatable bonds is 7. The Bertz CT molecular complexity index is 911. The zero-order valence-corrected chi connectivity index (χ0v) is 18.2. The van der Waals surface area contributed by atoms with Gasteiger partial charge in [-0.3, -0.25) is 0 Å². The van der Waals surface area contributed by atoms with E-state index in [4.69, 9.17) is 0 Å². The molecule has 2 heterocycles. The van der Waals surface area contributed by atoms with E-state index < -0.39 is 0 Å². The molecular formula is C23H24N2O3Se. The van der Waals surface area contributed by atoms with E-state index in [9.17, 15) is 14.4 Å². The van der Waals surface area contributed by atoms with Crippen LogP contribution in [0, 0.1) is 0 Å². The molecule has 2 aliphatic rings. The number of unbranched alkanes of at least 4 members (excludes halogenated alkanes) is 1. The summed E-state index contributed by atoms with van der Waals surface area (Å²) in [5, 5.41) is 0. The summed E-state index contributed by atoms with van der Waals surface area (Å²) < 4.78 is 0.972. The fraction of sp³-hybridized carbons (Fsp3) is 0.348. The predicted molar refractivity (Wildman–Crippen MR) is 112 cm³/mol. The van der Waals surface area contributed by atoms with E-state index in [0.29, 0.717) is 30.6 Å². The van der Waals surface area contributed by atoms with Crippen LogP contribution in [0.5, 0.6) is 0 Å². The molecular weight excluding hydrogens is 431 g/mol. The van der Waals surface area contributed by atoms with Crippen LogP contribution in [-0.2, 0) is 4.79 Å². The number of amides is 3. The first-order valence-electron chi connectivity index (χ1n) is 9.98. The molecule has 2 aromatic carbocycles. The zero-order valence-electron chi connectivity index (χ0n) is 16.5. The first kappa shape index (κ1) is 19.9. The second-order valence-corrected chi connectivity index (χ2v) is 11.0. The molecule has 0 N–H and O–H groups in total. The SMILES string of the molecule is CC1([Se]c2ccccc2)CCN(CCCCN2C(=O)c3ccccc3C2=O)C1=O. The topological polar surface area (TPSA) is 57.7 Å². The summed E-state index contributed by atoms with van der Waals surface area (Å²) in [6, 6.07) is 17.2. The number of benzene rings is 2. The van der Waals surface area contributed by atoms with Crippen molar-refractivity contribution in [1.82, 2.24) is 9.80 Å². The Morgan fingerprint density at radius 3 is 2.10 bits per heavy atom. The van der Waals surface area contributed by atoms with Gasteiger partial charge in [-0.15, -0.1) is 0 Å². The summed E-state index contributed by atoms with van der Waals surface area (Å²) >= 11 is 0.111. The molecule has 1 saturated heterocycles. The minimum absolute atomic E-state index is 0.111. The minimum atomic E-state index is -0.281. The molecule has 0 spiro atoms. The Hall–Kier alpha value is -2.43. The third-order valence-corrected chi connectivity index (χ3v) is 8.43. The Kier molecular flexibility index (Phi) is 5.57. The molecule has 4 rings (SSSR count). The van der Waals surface area contributed by atoms with Gasteiger partial charge in [-0.2, -0.15) is 0 Å². The Morgan fingerprint density at radius 2 is 1.45 bits per heavy atom. The summed E-state index contributed by atoms with van der Waals surface area (Å²) in [4.78, 5) is 41.1. The van der Waals surface area contributed by atoms with Crippen molar-refractivity contribution >= 4 is 37.1 Å². The third kappa shape index (κ3) is 3.87. The quantitative estimate of drug-likeness (QED) is 0.366. The number of likely N-dealkylation sites (tertiary alicyclic amines) is 1. The Labute approximate surface area is 177 Å². The van der Waals surface area contributed by atoms with E-state index >= 15 is 0 Å². The van der Waals surface area contributed by atoms with Crippen molar-refractivity contribution < 1.29 is 14.4 Å². The Morgan fingerprint density at radius 1 is 0.862 bits per heavy atom. The zero-order chi connectivity index (χ0) is 20.4. The van der Waals surface area contributed by atoms with Crippen LogP contribution in [0.25, 0.3) is 0 Å². The van der Waals surface area contributed by atoms with Crippen molar-refractivity contribution in [2.24, 2.45) is 0 Å². The van der Waals surface area contributed by atoms with Crippen molar-refractivity contribution in [1.29, 1.82) is 0 Å². The molecule has 0 saturated carbocycles. The van der Waals surface area contributed by atoms with Gasteiger partial charge in [-0.05, 0) is 0 Å². The van der Waals surface area contributed by atoms with Crippen molar-refractivity contribution in [3.63, 3.8) is 0 Å². The van der Waals surface area contributed by atoms with E-state index in [1.807, 2.05) is 23.1 Å². The first-order valence-corrected chi connectivity index (χ1v) is 11.7. The molecule has 0 aromatic heterocycles. The molecule has 150 valence electrons. The van der Waals surface area contributed by atoms with Gasteiger partial charge in [0.1, 0.15) is 0 Å². The number of hydrogen-bond donors (Lipinski definition) is 0.